The predicted octanol–water partition coefficient (Wildman–Crippen LogP) is 2.05. The predicted molar refractivity (Wildman–Crippen MR) is 104 cm³/mol. The lowest BCUT2D eigenvalue weighted by molar-refractivity contribution is -0.132. The maximum atomic E-state index is 12.8. The van der Waals surface area contributed by atoms with Crippen LogP contribution < -0.4 is 14.8 Å². The van der Waals surface area contributed by atoms with Gasteiger partial charge in [-0.1, -0.05) is 0 Å². The van der Waals surface area contributed by atoms with Crippen molar-refractivity contribution in [3.8, 4) is 11.5 Å². The zero-order valence-corrected chi connectivity index (χ0v) is 16.6. The maximum Gasteiger partial charge on any atom is 0.273 e. The molecule has 1 saturated carbocycles. The molecule has 2 amide bonds. The lowest BCUT2D eigenvalue weighted by atomic mass is 9.92. The zero-order chi connectivity index (χ0) is 20.4. The van der Waals surface area contributed by atoms with Gasteiger partial charge in [-0.05, 0) is 42.9 Å². The number of hydrogen-bond acceptors (Lipinski definition) is 6. The number of aromatic nitrogens is 1. The minimum atomic E-state index is -0.204. The third kappa shape index (κ3) is 3.92. The Labute approximate surface area is 169 Å². The highest BCUT2D eigenvalue weighted by molar-refractivity contribution is 5.92. The third-order valence-electron chi connectivity index (χ3n) is 6.10. The molecule has 1 aromatic heterocycles. The number of carbonyl (C=O) groups is 2. The van der Waals surface area contributed by atoms with E-state index >= 15 is 0 Å². The molecule has 1 N–H and O–H groups in total. The molecule has 8 nitrogen and oxygen atoms in total. The van der Waals surface area contributed by atoms with Crippen LogP contribution in [0.15, 0.2) is 35.3 Å². The van der Waals surface area contributed by atoms with Crippen molar-refractivity contribution in [1.82, 2.24) is 15.2 Å². The normalized spacial score (nSPS) is 19.7. The Morgan fingerprint density at radius 3 is 2.72 bits per heavy atom. The van der Waals surface area contributed by atoms with Gasteiger partial charge in [0, 0.05) is 24.7 Å². The number of nitrogens with zero attached hydrogens (tertiary/aromatic N) is 2. The minimum Gasteiger partial charge on any atom is -0.497 e. The van der Waals surface area contributed by atoms with Gasteiger partial charge in [0.2, 0.25) is 5.91 Å². The molecular formula is C21H25N3O5. The van der Waals surface area contributed by atoms with E-state index in [1.807, 2.05) is 23.1 Å². The highest BCUT2D eigenvalue weighted by Gasteiger charge is 2.56. The first kappa shape index (κ1) is 19.3. The first-order valence-corrected chi connectivity index (χ1v) is 9.72. The number of hydrogen-bond donors (Lipinski definition) is 1. The molecule has 0 bridgehead atoms. The summed E-state index contributed by atoms with van der Waals surface area (Å²) in [6.07, 6.45) is 5.59. The molecule has 1 aliphatic heterocycles. The van der Waals surface area contributed by atoms with Gasteiger partial charge in [-0.25, -0.2) is 4.98 Å². The van der Waals surface area contributed by atoms with Crippen molar-refractivity contribution in [1.29, 1.82) is 0 Å². The van der Waals surface area contributed by atoms with Crippen LogP contribution in [0.25, 0.3) is 0 Å². The van der Waals surface area contributed by atoms with Gasteiger partial charge in [-0.3, -0.25) is 9.59 Å². The largest absolute Gasteiger partial charge is 0.497 e. The maximum absolute atomic E-state index is 12.8. The fourth-order valence-electron chi connectivity index (χ4n) is 4.16. The Bertz CT molecular complexity index is 888. The van der Waals surface area contributed by atoms with Gasteiger partial charge in [-0.15, -0.1) is 0 Å². The molecule has 2 fully saturated rings. The van der Waals surface area contributed by atoms with Crippen molar-refractivity contribution in [3.05, 3.63) is 42.1 Å². The van der Waals surface area contributed by atoms with Crippen LogP contribution in [0.3, 0.4) is 0 Å². The Kier molecular flexibility index (Phi) is 5.17. The number of rotatable bonds is 6. The summed E-state index contributed by atoms with van der Waals surface area (Å²) in [7, 11) is 3.20. The van der Waals surface area contributed by atoms with E-state index < -0.39 is 0 Å². The van der Waals surface area contributed by atoms with E-state index in [0.717, 1.165) is 24.8 Å². The fourth-order valence-corrected chi connectivity index (χ4v) is 4.16. The first-order valence-electron chi connectivity index (χ1n) is 9.72. The van der Waals surface area contributed by atoms with Crippen LogP contribution in [0.4, 0.5) is 0 Å². The van der Waals surface area contributed by atoms with Crippen LogP contribution in [-0.4, -0.2) is 55.0 Å². The summed E-state index contributed by atoms with van der Waals surface area (Å²) in [5.41, 5.74) is 1.22. The number of likely N-dealkylation sites (tertiary alicyclic amines) is 1. The first-order chi connectivity index (χ1) is 14.0. The standard InChI is InChI=1S/C21H25N3O5/c1-27-15-3-4-17(28-2)14(9-15)10-19(25)24-7-5-21(6-8-24)11-18(21)23-20(26)16-12-29-13-22-16/h3-4,9,12-13,18H,5-8,10-11H2,1-2H3,(H,23,26). The van der Waals surface area contributed by atoms with Crippen LogP contribution >= 0.6 is 0 Å². The summed E-state index contributed by atoms with van der Waals surface area (Å²) in [5.74, 6) is 1.26. The Morgan fingerprint density at radius 1 is 1.28 bits per heavy atom. The van der Waals surface area contributed by atoms with Crippen molar-refractivity contribution in [2.75, 3.05) is 27.3 Å². The van der Waals surface area contributed by atoms with E-state index in [1.54, 1.807) is 14.2 Å². The molecule has 1 aliphatic carbocycles. The molecule has 4 rings (SSSR count). The number of ether oxygens (including phenoxy) is 2. The average Bonchev–Trinajstić information content (AvgIpc) is 3.14. The summed E-state index contributed by atoms with van der Waals surface area (Å²) in [4.78, 5) is 30.8. The Balaban J connectivity index is 1.31. The second-order valence-corrected chi connectivity index (χ2v) is 7.70. The van der Waals surface area contributed by atoms with Crippen LogP contribution in [0, 0.1) is 5.41 Å². The van der Waals surface area contributed by atoms with Crippen LogP contribution in [0.5, 0.6) is 11.5 Å². The highest BCUT2D eigenvalue weighted by atomic mass is 16.5. The summed E-state index contributed by atoms with van der Waals surface area (Å²) in [5, 5.41) is 3.03. The van der Waals surface area contributed by atoms with Gasteiger partial charge >= 0.3 is 0 Å². The Hall–Kier alpha value is -3.03. The summed E-state index contributed by atoms with van der Waals surface area (Å²) in [6.45, 7) is 1.39. The van der Waals surface area contributed by atoms with Gasteiger partial charge < -0.3 is 24.1 Å². The number of amides is 2. The van der Waals surface area contributed by atoms with Gasteiger partial charge in [0.25, 0.3) is 5.91 Å². The molecule has 2 heterocycles. The molecule has 1 saturated heterocycles. The Morgan fingerprint density at radius 2 is 2.07 bits per heavy atom. The number of benzene rings is 1. The van der Waals surface area contributed by atoms with Crippen molar-refractivity contribution in [2.24, 2.45) is 5.41 Å². The average molecular weight is 399 g/mol. The molecule has 2 aromatic rings. The van der Waals surface area contributed by atoms with Crippen LogP contribution in [0.1, 0.15) is 35.3 Å². The molecular weight excluding hydrogens is 374 g/mol. The van der Waals surface area contributed by atoms with Crippen molar-refractivity contribution in [2.45, 2.75) is 31.7 Å². The van der Waals surface area contributed by atoms with Gasteiger partial charge in [-0.2, -0.15) is 0 Å². The second-order valence-electron chi connectivity index (χ2n) is 7.70. The quantitative estimate of drug-likeness (QED) is 0.799. The van der Waals surface area contributed by atoms with E-state index in [-0.39, 0.29) is 29.7 Å². The summed E-state index contributed by atoms with van der Waals surface area (Å²) in [6, 6.07) is 5.62. The molecule has 29 heavy (non-hydrogen) atoms. The van der Waals surface area contributed by atoms with E-state index in [0.29, 0.717) is 30.3 Å². The monoisotopic (exact) mass is 399 g/mol. The van der Waals surface area contributed by atoms with Crippen molar-refractivity contribution < 1.29 is 23.5 Å². The van der Waals surface area contributed by atoms with Gasteiger partial charge in [0.05, 0.1) is 20.6 Å². The van der Waals surface area contributed by atoms with Crippen molar-refractivity contribution in [3.63, 3.8) is 0 Å². The van der Waals surface area contributed by atoms with E-state index in [2.05, 4.69) is 10.3 Å². The van der Waals surface area contributed by atoms with Crippen molar-refractivity contribution >= 4 is 11.8 Å². The van der Waals surface area contributed by atoms with Gasteiger partial charge in [0.15, 0.2) is 12.1 Å². The highest BCUT2D eigenvalue weighted by Crippen LogP contribution is 2.54. The zero-order valence-electron chi connectivity index (χ0n) is 16.6. The molecule has 1 aromatic carbocycles. The molecule has 1 spiro atoms. The molecule has 1 unspecified atom stereocenters. The van der Waals surface area contributed by atoms with E-state index in [4.69, 9.17) is 13.9 Å². The molecule has 1 atom stereocenters. The van der Waals surface area contributed by atoms with Crippen LogP contribution in [0.2, 0.25) is 0 Å². The number of piperidine rings is 1. The van der Waals surface area contributed by atoms with Crippen LogP contribution in [-0.2, 0) is 11.2 Å². The van der Waals surface area contributed by atoms with Gasteiger partial charge in [0.1, 0.15) is 17.8 Å². The number of methoxy groups -OCH3 is 2. The smallest absolute Gasteiger partial charge is 0.273 e. The second kappa shape index (κ2) is 7.77. The molecule has 154 valence electrons. The summed E-state index contributed by atoms with van der Waals surface area (Å²) >= 11 is 0. The van der Waals surface area contributed by atoms with E-state index in [9.17, 15) is 9.59 Å². The van der Waals surface area contributed by atoms with E-state index in [1.165, 1.54) is 12.7 Å². The lowest BCUT2D eigenvalue weighted by Crippen LogP contribution is -2.42. The lowest BCUT2D eigenvalue weighted by Gasteiger charge is -2.33. The minimum absolute atomic E-state index is 0.0789. The molecule has 8 heteroatoms. The number of carbonyl (C=O) groups excluding carboxylic acids is 2. The number of oxazole rings is 1. The summed E-state index contributed by atoms with van der Waals surface area (Å²) < 4.78 is 15.5. The number of nitrogens with one attached hydrogen (secondary N) is 1. The third-order valence-corrected chi connectivity index (χ3v) is 6.10. The molecule has 2 aliphatic rings. The molecule has 0 radical (unpaired) electrons. The topological polar surface area (TPSA) is 93.9 Å². The fraction of sp³-hybridized carbons (Fsp3) is 0.476. The SMILES string of the molecule is COc1ccc(OC)c(CC(=O)N2CCC3(CC2)CC3NC(=O)c2cocn2)c1.